The number of nitrogens with one attached hydrogen (secondary N) is 1. The largest absolute Gasteiger partial charge is 0.490 e. The van der Waals surface area contributed by atoms with E-state index in [4.69, 9.17) is 14.2 Å². The first kappa shape index (κ1) is 35.2. The molecule has 0 aromatic heterocycles. The van der Waals surface area contributed by atoms with Gasteiger partial charge in [-0.25, -0.2) is 4.79 Å². The molecule has 46 heavy (non-hydrogen) atoms. The van der Waals surface area contributed by atoms with Crippen molar-refractivity contribution in [2.24, 2.45) is 5.92 Å². The molecule has 3 amide bonds. The van der Waals surface area contributed by atoms with Crippen LogP contribution in [0.25, 0.3) is 0 Å². The van der Waals surface area contributed by atoms with Crippen molar-refractivity contribution in [2.45, 2.75) is 82.8 Å². The van der Waals surface area contributed by atoms with Crippen LogP contribution < -0.4 is 10.1 Å². The van der Waals surface area contributed by atoms with E-state index in [0.29, 0.717) is 62.5 Å². The second-order valence-corrected chi connectivity index (χ2v) is 11.4. The highest BCUT2D eigenvalue weighted by molar-refractivity contribution is 6.07. The molecule has 14 heteroatoms. The molecular formula is C32H38F6N2O6. The molecule has 0 spiro atoms. The molecule has 1 aliphatic carbocycles. The number of hydrogen-bond acceptors (Lipinski definition) is 6. The Labute approximate surface area is 263 Å². The maximum absolute atomic E-state index is 13.7. The Morgan fingerprint density at radius 1 is 1.00 bits per heavy atom. The molecule has 1 saturated heterocycles. The Bertz CT molecular complexity index is 1360. The van der Waals surface area contributed by atoms with E-state index in [2.05, 4.69) is 5.32 Å². The molecule has 2 unspecified atom stereocenters. The van der Waals surface area contributed by atoms with E-state index in [1.807, 2.05) is 6.08 Å². The van der Waals surface area contributed by atoms with Crippen LogP contribution in [-0.4, -0.2) is 66.2 Å². The van der Waals surface area contributed by atoms with E-state index in [9.17, 15) is 41.0 Å². The first-order valence-corrected chi connectivity index (χ1v) is 15.2. The molecule has 0 bridgehead atoms. The Balaban J connectivity index is 1.50. The number of carbonyl (C=O) groups excluding carboxylic acids is 2. The summed E-state index contributed by atoms with van der Waals surface area (Å²) in [7, 11) is 0. The Morgan fingerprint density at radius 2 is 1.61 bits per heavy atom. The van der Waals surface area contributed by atoms with Crippen molar-refractivity contribution in [3.05, 3.63) is 64.6 Å². The van der Waals surface area contributed by atoms with Gasteiger partial charge in [-0.1, -0.05) is 45.8 Å². The number of carbonyl (C=O) groups is 2. The van der Waals surface area contributed by atoms with E-state index in [1.165, 1.54) is 12.2 Å². The third-order valence-corrected chi connectivity index (χ3v) is 8.47. The lowest BCUT2D eigenvalue weighted by Gasteiger charge is -2.36. The lowest BCUT2D eigenvalue weighted by molar-refractivity contribution is -0.376. The fraction of sp³-hybridized carbons (Fsp3) is 0.562. The van der Waals surface area contributed by atoms with Gasteiger partial charge in [0.2, 0.25) is 0 Å². The van der Waals surface area contributed by atoms with Crippen LogP contribution in [0, 0.1) is 5.92 Å². The summed E-state index contributed by atoms with van der Waals surface area (Å²) >= 11 is 0. The van der Waals surface area contributed by atoms with Gasteiger partial charge in [0.15, 0.2) is 5.76 Å². The van der Waals surface area contributed by atoms with Crippen LogP contribution in [0.3, 0.4) is 0 Å². The van der Waals surface area contributed by atoms with Gasteiger partial charge in [0.25, 0.3) is 11.5 Å². The number of aryl methyl sites for hydroxylation is 2. The minimum Gasteiger partial charge on any atom is -0.490 e. The van der Waals surface area contributed by atoms with Gasteiger partial charge < -0.3 is 24.6 Å². The molecule has 2 heterocycles. The van der Waals surface area contributed by atoms with Crippen LogP contribution in [0.2, 0.25) is 0 Å². The van der Waals surface area contributed by atoms with E-state index < -0.39 is 41.0 Å². The van der Waals surface area contributed by atoms with Gasteiger partial charge in [0.1, 0.15) is 36.9 Å². The molecule has 0 saturated carbocycles. The van der Waals surface area contributed by atoms with Crippen molar-refractivity contribution in [3.8, 4) is 5.75 Å². The van der Waals surface area contributed by atoms with E-state index >= 15 is 0 Å². The second kappa shape index (κ2) is 13.6. The van der Waals surface area contributed by atoms with Crippen molar-refractivity contribution in [2.75, 3.05) is 26.4 Å². The van der Waals surface area contributed by atoms with Crippen LogP contribution in [0.5, 0.6) is 5.75 Å². The molecule has 0 radical (unpaired) electrons. The molecule has 1 aromatic carbocycles. The van der Waals surface area contributed by atoms with Crippen LogP contribution in [-0.2, 0) is 32.7 Å². The number of benzene rings is 1. The van der Waals surface area contributed by atoms with Gasteiger partial charge in [-0.3, -0.25) is 9.69 Å². The van der Waals surface area contributed by atoms with Gasteiger partial charge in [-0.2, -0.15) is 26.3 Å². The third-order valence-electron chi connectivity index (χ3n) is 8.47. The molecule has 2 atom stereocenters. The van der Waals surface area contributed by atoms with E-state index in [-0.39, 0.29) is 48.8 Å². The maximum atomic E-state index is 13.7. The standard InChI is InChI=1S/C32H38F6N2O6/c1-4-9-20-17-23(30(43,31(33,34)35)32(36,37)38)18-21(10-5-2)26(20)46-14-8-7-13-40-27(41)29(6-3,39-28(40)42)22-11-12-24-25(19-22)45-16-15-44-24/h7-8,11-12,17-18,22,43H,4-6,9-10,13-16,19H2,1-3H3,(H,39,42)/b8-7-. The maximum Gasteiger partial charge on any atom is 0.430 e. The number of halogens is 6. The quantitative estimate of drug-likeness (QED) is 0.154. The molecule has 254 valence electrons. The molecule has 1 aromatic rings. The highest BCUT2D eigenvalue weighted by Crippen LogP contribution is 2.51. The van der Waals surface area contributed by atoms with Crippen LogP contribution in [0.15, 0.2) is 48.0 Å². The van der Waals surface area contributed by atoms with Gasteiger partial charge >= 0.3 is 18.4 Å². The number of rotatable bonds is 12. The summed E-state index contributed by atoms with van der Waals surface area (Å²) in [5.41, 5.74) is -7.36. The van der Waals surface area contributed by atoms with Crippen molar-refractivity contribution >= 4 is 11.9 Å². The van der Waals surface area contributed by atoms with Crippen LogP contribution in [0.4, 0.5) is 31.1 Å². The van der Waals surface area contributed by atoms with Crippen molar-refractivity contribution < 1.29 is 55.2 Å². The number of aliphatic hydroxyl groups is 1. The van der Waals surface area contributed by atoms with Crippen molar-refractivity contribution in [1.82, 2.24) is 10.2 Å². The normalized spacial score (nSPS) is 22.2. The summed E-state index contributed by atoms with van der Waals surface area (Å²) in [6.45, 7) is 5.81. The highest BCUT2D eigenvalue weighted by atomic mass is 19.4. The highest BCUT2D eigenvalue weighted by Gasteiger charge is 2.71. The first-order valence-electron chi connectivity index (χ1n) is 15.2. The molecule has 1 fully saturated rings. The molecule has 2 N–H and O–H groups in total. The monoisotopic (exact) mass is 660 g/mol. The zero-order valence-electron chi connectivity index (χ0n) is 25.8. The third kappa shape index (κ3) is 6.45. The fourth-order valence-corrected chi connectivity index (χ4v) is 6.07. The van der Waals surface area contributed by atoms with Gasteiger partial charge in [-0.05, 0) is 54.7 Å². The van der Waals surface area contributed by atoms with E-state index in [0.717, 1.165) is 4.90 Å². The number of ether oxygens (including phenoxy) is 3. The van der Waals surface area contributed by atoms with Crippen LogP contribution in [0.1, 0.15) is 63.1 Å². The second-order valence-electron chi connectivity index (χ2n) is 11.4. The number of hydrogen-bond donors (Lipinski definition) is 2. The van der Waals surface area contributed by atoms with E-state index in [1.54, 1.807) is 26.8 Å². The number of urea groups is 1. The smallest absolute Gasteiger partial charge is 0.430 e. The summed E-state index contributed by atoms with van der Waals surface area (Å²) in [5.74, 6) is 0.601. The summed E-state index contributed by atoms with van der Waals surface area (Å²) in [5, 5.41) is 12.9. The number of imide groups is 1. The predicted octanol–water partition coefficient (Wildman–Crippen LogP) is 6.37. The Kier molecular flexibility index (Phi) is 10.4. The number of alkyl halides is 6. The Hall–Kier alpha value is -3.68. The lowest BCUT2D eigenvalue weighted by atomic mass is 9.77. The van der Waals surface area contributed by atoms with Gasteiger partial charge in [-0.15, -0.1) is 0 Å². The number of nitrogens with zero attached hydrogens (tertiary/aromatic N) is 1. The average Bonchev–Trinajstić information content (AvgIpc) is 3.25. The molecule has 8 nitrogen and oxygen atoms in total. The lowest BCUT2D eigenvalue weighted by Crippen LogP contribution is -2.54. The summed E-state index contributed by atoms with van der Waals surface area (Å²) in [6.07, 6.45) is -3.72. The summed E-state index contributed by atoms with van der Waals surface area (Å²) in [4.78, 5) is 27.6. The fourth-order valence-electron chi connectivity index (χ4n) is 6.07. The van der Waals surface area contributed by atoms with Gasteiger partial charge in [0, 0.05) is 24.4 Å². The predicted molar refractivity (Wildman–Crippen MR) is 155 cm³/mol. The van der Waals surface area contributed by atoms with Gasteiger partial charge in [0.05, 0.1) is 0 Å². The van der Waals surface area contributed by atoms with Crippen molar-refractivity contribution in [3.63, 3.8) is 0 Å². The topological polar surface area (TPSA) is 97.3 Å². The molecule has 3 aliphatic rings. The van der Waals surface area contributed by atoms with Crippen LogP contribution >= 0.6 is 0 Å². The zero-order chi connectivity index (χ0) is 33.9. The Morgan fingerprint density at radius 3 is 2.17 bits per heavy atom. The first-order chi connectivity index (χ1) is 21.6. The SMILES string of the molecule is CCCc1cc(C(O)(C(F)(F)F)C(F)(F)F)cc(CCC)c1OC/C=C\CN1C(=O)NC(CC)(C2C=CC3=C(C2)OCCO3)C1=O. The number of allylic oxidation sites excluding steroid dienone is 2. The molecule has 2 aliphatic heterocycles. The molecule has 4 rings (SSSR count). The van der Waals surface area contributed by atoms with Crippen molar-refractivity contribution in [1.29, 1.82) is 0 Å². The summed E-state index contributed by atoms with van der Waals surface area (Å²) in [6, 6.07) is 0.826. The minimum atomic E-state index is -6.01. The zero-order valence-corrected chi connectivity index (χ0v) is 25.8. The minimum absolute atomic E-state index is 0.0907. The summed E-state index contributed by atoms with van der Waals surface area (Å²) < 4.78 is 99.1. The average molecular weight is 661 g/mol. The number of amides is 3. The molecular weight excluding hydrogens is 622 g/mol.